The number of aryl methyl sites for hydroxylation is 1. The third-order valence-electron chi connectivity index (χ3n) is 5.84. The van der Waals surface area contributed by atoms with Gasteiger partial charge in [0.15, 0.2) is 5.82 Å². The van der Waals surface area contributed by atoms with Crippen molar-refractivity contribution in [2.45, 2.75) is 13.3 Å². The molecule has 1 amide bonds. The molecule has 1 fully saturated rings. The summed E-state index contributed by atoms with van der Waals surface area (Å²) in [4.78, 5) is 34.2. The second-order valence-corrected chi connectivity index (χ2v) is 8.54. The number of pyridine rings is 1. The first-order valence-electron chi connectivity index (χ1n) is 10.6. The molecule has 2 aromatic heterocycles. The summed E-state index contributed by atoms with van der Waals surface area (Å²) >= 11 is 0. The van der Waals surface area contributed by atoms with E-state index >= 15 is 0 Å². The number of hydrogen-bond acceptors (Lipinski definition) is 5. The molecule has 1 N–H and O–H groups in total. The number of hydrogen-bond donors (Lipinski definition) is 1. The van der Waals surface area contributed by atoms with Crippen molar-refractivity contribution in [1.82, 2.24) is 24.6 Å². The molecule has 0 bridgehead atoms. The van der Waals surface area contributed by atoms with Crippen LogP contribution in [0.2, 0.25) is 0 Å². The molecule has 0 spiro atoms. The van der Waals surface area contributed by atoms with Crippen LogP contribution in [-0.4, -0.2) is 64.2 Å². The number of amides is 1. The van der Waals surface area contributed by atoms with Gasteiger partial charge in [0.05, 0.1) is 22.8 Å². The van der Waals surface area contributed by atoms with Gasteiger partial charge in [0, 0.05) is 32.0 Å². The van der Waals surface area contributed by atoms with E-state index in [-0.39, 0.29) is 11.5 Å². The van der Waals surface area contributed by atoms with E-state index in [2.05, 4.69) is 21.1 Å². The lowest BCUT2D eigenvalue weighted by Crippen LogP contribution is -2.30. The highest BCUT2D eigenvalue weighted by atomic mass is 16.2. The Morgan fingerprint density at radius 2 is 2.09 bits per heavy atom. The lowest BCUT2D eigenvalue weighted by atomic mass is 10.0. The van der Waals surface area contributed by atoms with Crippen LogP contribution in [-0.2, 0) is 0 Å². The molecule has 1 atom stereocenters. The summed E-state index contributed by atoms with van der Waals surface area (Å²) in [6.45, 7) is 4.34. The molecule has 1 saturated heterocycles. The van der Waals surface area contributed by atoms with Crippen molar-refractivity contribution >= 4 is 5.91 Å². The first-order valence-corrected chi connectivity index (χ1v) is 10.6. The van der Waals surface area contributed by atoms with Crippen molar-refractivity contribution in [3.05, 3.63) is 69.8 Å². The van der Waals surface area contributed by atoms with Gasteiger partial charge >= 0.3 is 0 Å². The fourth-order valence-electron chi connectivity index (χ4n) is 4.28. The molecular formula is C24H26N6O2. The van der Waals surface area contributed by atoms with Crippen LogP contribution in [0.15, 0.2) is 47.5 Å². The first kappa shape index (κ1) is 21.5. The van der Waals surface area contributed by atoms with Gasteiger partial charge in [-0.2, -0.15) is 5.26 Å². The Morgan fingerprint density at radius 3 is 2.75 bits per heavy atom. The van der Waals surface area contributed by atoms with Gasteiger partial charge in [-0.25, -0.2) is 9.67 Å². The average molecular weight is 431 g/mol. The summed E-state index contributed by atoms with van der Waals surface area (Å²) in [6, 6.07) is 10.7. The topological polar surface area (TPSA) is 98.0 Å². The van der Waals surface area contributed by atoms with Crippen molar-refractivity contribution in [2.75, 3.05) is 33.7 Å². The van der Waals surface area contributed by atoms with Crippen molar-refractivity contribution in [1.29, 1.82) is 5.26 Å². The van der Waals surface area contributed by atoms with Gasteiger partial charge in [0.25, 0.3) is 11.5 Å². The number of nitrogens with one attached hydrogen (secondary N) is 1. The van der Waals surface area contributed by atoms with Crippen LogP contribution < -0.4 is 5.56 Å². The molecule has 32 heavy (non-hydrogen) atoms. The van der Waals surface area contributed by atoms with E-state index in [9.17, 15) is 9.59 Å². The first-order chi connectivity index (χ1) is 15.4. The predicted molar refractivity (Wildman–Crippen MR) is 122 cm³/mol. The minimum atomic E-state index is -0.240. The summed E-state index contributed by atoms with van der Waals surface area (Å²) in [5.41, 5.74) is 2.93. The minimum absolute atomic E-state index is 0.0296. The lowest BCUT2D eigenvalue weighted by molar-refractivity contribution is 0.0784. The van der Waals surface area contributed by atoms with Crippen LogP contribution in [0.4, 0.5) is 0 Å². The molecule has 4 rings (SSSR count). The maximum absolute atomic E-state index is 13.0. The van der Waals surface area contributed by atoms with Gasteiger partial charge in [-0.1, -0.05) is 6.07 Å². The quantitative estimate of drug-likeness (QED) is 0.670. The van der Waals surface area contributed by atoms with Crippen molar-refractivity contribution in [3.63, 3.8) is 0 Å². The van der Waals surface area contributed by atoms with Gasteiger partial charge in [-0.15, -0.1) is 0 Å². The number of likely N-dealkylation sites (tertiary alicyclic amines) is 1. The Bertz CT molecular complexity index is 1230. The zero-order valence-corrected chi connectivity index (χ0v) is 18.5. The fourth-order valence-corrected chi connectivity index (χ4v) is 4.28. The molecule has 1 aliphatic heterocycles. The van der Waals surface area contributed by atoms with Crippen LogP contribution in [0.5, 0.6) is 0 Å². The summed E-state index contributed by atoms with van der Waals surface area (Å²) in [7, 11) is 4.09. The predicted octanol–water partition coefficient (Wildman–Crippen LogP) is 2.43. The van der Waals surface area contributed by atoms with Gasteiger partial charge < -0.3 is 9.80 Å². The zero-order valence-electron chi connectivity index (χ0n) is 18.5. The van der Waals surface area contributed by atoms with E-state index in [1.165, 1.54) is 10.9 Å². The largest absolute Gasteiger partial charge is 0.338 e. The van der Waals surface area contributed by atoms with E-state index in [1.54, 1.807) is 36.5 Å². The van der Waals surface area contributed by atoms with Crippen molar-refractivity contribution in [2.24, 2.45) is 5.92 Å². The molecule has 3 heterocycles. The molecular weight excluding hydrogens is 404 g/mol. The number of nitrogens with zero attached hydrogens (tertiary/aromatic N) is 5. The highest BCUT2D eigenvalue weighted by Crippen LogP contribution is 2.22. The standard InChI is InChI=1S/C24H26N6O2/c1-16-10-17(11-25)4-6-20(16)21-13-27-30(24(21)32)22-7-5-19(12-26-22)23(31)29-9-8-18(15-29)14-28(2)3/h4-7,10,12-13,18,27H,8-9,14-15H2,1-3H3. The normalized spacial score (nSPS) is 15.8. The molecule has 1 aliphatic rings. The van der Waals surface area contributed by atoms with Gasteiger partial charge in [-0.05, 0) is 68.8 Å². The van der Waals surface area contributed by atoms with Crippen LogP contribution in [0, 0.1) is 24.2 Å². The molecule has 0 radical (unpaired) electrons. The van der Waals surface area contributed by atoms with E-state index in [1.807, 2.05) is 25.9 Å². The van der Waals surface area contributed by atoms with Crippen LogP contribution in [0.25, 0.3) is 16.9 Å². The summed E-state index contributed by atoms with van der Waals surface area (Å²) in [5.74, 6) is 0.872. The number of aromatic nitrogens is 3. The smallest absolute Gasteiger partial charge is 0.280 e. The number of nitriles is 1. The van der Waals surface area contributed by atoms with E-state index < -0.39 is 0 Å². The maximum Gasteiger partial charge on any atom is 0.280 e. The molecule has 1 unspecified atom stereocenters. The Balaban J connectivity index is 1.53. The molecule has 3 aromatic rings. The second-order valence-electron chi connectivity index (χ2n) is 8.54. The SMILES string of the molecule is Cc1cc(C#N)ccc1-c1c[nH]n(-c2ccc(C(=O)N3CCC(CN(C)C)C3)cn2)c1=O. The zero-order chi connectivity index (χ0) is 22.8. The average Bonchev–Trinajstić information content (AvgIpc) is 3.39. The maximum atomic E-state index is 13.0. The molecule has 164 valence electrons. The number of carbonyl (C=O) groups is 1. The van der Waals surface area contributed by atoms with Crippen LogP contribution in [0.1, 0.15) is 27.9 Å². The van der Waals surface area contributed by atoms with E-state index in [4.69, 9.17) is 5.26 Å². The molecule has 0 aliphatic carbocycles. The lowest BCUT2D eigenvalue weighted by Gasteiger charge is -2.18. The third-order valence-corrected chi connectivity index (χ3v) is 5.84. The molecule has 8 nitrogen and oxygen atoms in total. The second kappa shape index (κ2) is 8.81. The summed E-state index contributed by atoms with van der Waals surface area (Å²) < 4.78 is 1.35. The number of aromatic amines is 1. The Hall–Kier alpha value is -3.70. The monoisotopic (exact) mass is 430 g/mol. The molecule has 1 aromatic carbocycles. The van der Waals surface area contributed by atoms with Gasteiger partial charge in [0.2, 0.25) is 0 Å². The van der Waals surface area contributed by atoms with Crippen molar-refractivity contribution < 1.29 is 4.79 Å². The van der Waals surface area contributed by atoms with Gasteiger partial charge in [0.1, 0.15) is 0 Å². The summed E-state index contributed by atoms with van der Waals surface area (Å²) in [6.07, 6.45) is 4.16. The number of rotatable bonds is 5. The van der Waals surface area contributed by atoms with E-state index in [0.29, 0.717) is 28.4 Å². The molecule has 0 saturated carbocycles. The third kappa shape index (κ3) is 4.20. The van der Waals surface area contributed by atoms with Gasteiger partial charge in [-0.3, -0.25) is 14.7 Å². The summed E-state index contributed by atoms with van der Waals surface area (Å²) in [5, 5.41) is 12.0. The fraction of sp³-hybridized carbons (Fsp3) is 0.333. The number of benzene rings is 1. The Morgan fingerprint density at radius 1 is 1.28 bits per heavy atom. The number of carbonyl (C=O) groups excluding carboxylic acids is 1. The number of H-pyrrole nitrogens is 1. The Kier molecular flexibility index (Phi) is 5.93. The van der Waals surface area contributed by atoms with Crippen LogP contribution >= 0.6 is 0 Å². The highest BCUT2D eigenvalue weighted by molar-refractivity contribution is 5.94. The Labute approximate surface area is 186 Å². The van der Waals surface area contributed by atoms with Crippen molar-refractivity contribution in [3.8, 4) is 23.0 Å². The highest BCUT2D eigenvalue weighted by Gasteiger charge is 2.27. The van der Waals surface area contributed by atoms with Crippen LogP contribution in [0.3, 0.4) is 0 Å². The van der Waals surface area contributed by atoms with E-state index in [0.717, 1.165) is 37.2 Å². The minimum Gasteiger partial charge on any atom is -0.338 e. The molecule has 8 heteroatoms.